The highest BCUT2D eigenvalue weighted by Gasteiger charge is 2.30. The third kappa shape index (κ3) is 5.62. The van der Waals surface area contributed by atoms with E-state index in [2.05, 4.69) is 10.2 Å². The fourth-order valence-corrected chi connectivity index (χ4v) is 2.87. The first-order chi connectivity index (χ1) is 13.0. The predicted octanol–water partition coefficient (Wildman–Crippen LogP) is 3.61. The van der Waals surface area contributed by atoms with Crippen LogP contribution < -0.4 is 5.32 Å². The van der Waals surface area contributed by atoms with Gasteiger partial charge < -0.3 is 10.1 Å². The van der Waals surface area contributed by atoms with Crippen molar-refractivity contribution in [3.05, 3.63) is 65.5 Å². The van der Waals surface area contributed by atoms with E-state index in [0.29, 0.717) is 30.4 Å². The van der Waals surface area contributed by atoms with Gasteiger partial charge in [-0.25, -0.2) is 9.18 Å². The number of nitrogens with zero attached hydrogens (tertiary/aromatic N) is 1. The largest absolute Gasteiger partial charge is 0.462 e. The molecular formula is C21H23FN2O3. The lowest BCUT2D eigenvalue weighted by atomic mass is 10.2. The van der Waals surface area contributed by atoms with Gasteiger partial charge in [0.2, 0.25) is 5.91 Å². The number of benzene rings is 2. The zero-order chi connectivity index (χ0) is 19.2. The molecule has 0 radical (unpaired) electrons. The van der Waals surface area contributed by atoms with Crippen LogP contribution in [-0.2, 0) is 16.1 Å². The van der Waals surface area contributed by atoms with Gasteiger partial charge in [0.1, 0.15) is 5.82 Å². The van der Waals surface area contributed by atoms with Crippen molar-refractivity contribution in [2.75, 3.05) is 18.5 Å². The van der Waals surface area contributed by atoms with E-state index in [1.807, 2.05) is 0 Å². The van der Waals surface area contributed by atoms with Crippen LogP contribution in [0.1, 0.15) is 35.7 Å². The van der Waals surface area contributed by atoms with Crippen LogP contribution >= 0.6 is 0 Å². The number of hydrogen-bond donors (Lipinski definition) is 1. The molecule has 5 nitrogen and oxygen atoms in total. The molecule has 1 N–H and O–H groups in total. The highest BCUT2D eigenvalue weighted by atomic mass is 19.1. The number of hydrogen-bond acceptors (Lipinski definition) is 4. The minimum Gasteiger partial charge on any atom is -0.462 e. The van der Waals surface area contributed by atoms with Crippen molar-refractivity contribution < 1.29 is 18.7 Å². The zero-order valence-electron chi connectivity index (χ0n) is 15.3. The Hall–Kier alpha value is -2.73. The van der Waals surface area contributed by atoms with E-state index >= 15 is 0 Å². The molecule has 1 aliphatic rings. The van der Waals surface area contributed by atoms with Crippen LogP contribution in [0.2, 0.25) is 0 Å². The summed E-state index contributed by atoms with van der Waals surface area (Å²) >= 11 is 0. The predicted molar refractivity (Wildman–Crippen MR) is 101 cm³/mol. The fraction of sp³-hybridized carbons (Fsp3) is 0.333. The van der Waals surface area contributed by atoms with Crippen molar-refractivity contribution in [2.24, 2.45) is 0 Å². The van der Waals surface area contributed by atoms with Crippen molar-refractivity contribution in [3.8, 4) is 0 Å². The summed E-state index contributed by atoms with van der Waals surface area (Å²) in [5.74, 6) is -0.761. The highest BCUT2D eigenvalue weighted by Crippen LogP contribution is 2.28. The van der Waals surface area contributed by atoms with Crippen molar-refractivity contribution in [1.29, 1.82) is 0 Å². The third-order valence-corrected chi connectivity index (χ3v) is 4.39. The van der Waals surface area contributed by atoms with E-state index in [9.17, 15) is 14.0 Å². The molecule has 2 aromatic carbocycles. The lowest BCUT2D eigenvalue weighted by Crippen LogP contribution is -2.34. The maximum atomic E-state index is 13.1. The van der Waals surface area contributed by atoms with E-state index in [1.54, 1.807) is 43.3 Å². The van der Waals surface area contributed by atoms with Gasteiger partial charge in [0.15, 0.2) is 0 Å². The minimum atomic E-state index is -0.380. The number of carbonyl (C=O) groups is 2. The van der Waals surface area contributed by atoms with E-state index in [0.717, 1.165) is 18.4 Å². The third-order valence-electron chi connectivity index (χ3n) is 4.39. The molecule has 0 spiro atoms. The van der Waals surface area contributed by atoms with Gasteiger partial charge in [-0.15, -0.1) is 0 Å². The summed E-state index contributed by atoms with van der Waals surface area (Å²) in [6, 6.07) is 13.4. The number of esters is 1. The Balaban J connectivity index is 1.56. The molecule has 1 fully saturated rings. The number of rotatable bonds is 8. The first kappa shape index (κ1) is 19.0. The Kier molecular flexibility index (Phi) is 6.19. The molecule has 1 saturated carbocycles. The summed E-state index contributed by atoms with van der Waals surface area (Å²) in [6.45, 7) is 2.95. The van der Waals surface area contributed by atoms with Crippen molar-refractivity contribution >= 4 is 17.6 Å². The summed E-state index contributed by atoms with van der Waals surface area (Å²) in [7, 11) is 0. The van der Waals surface area contributed by atoms with Gasteiger partial charge in [-0.1, -0.05) is 12.1 Å². The van der Waals surface area contributed by atoms with Gasteiger partial charge in [-0.2, -0.15) is 0 Å². The van der Waals surface area contributed by atoms with Crippen LogP contribution in [0.5, 0.6) is 0 Å². The second-order valence-electron chi connectivity index (χ2n) is 6.61. The quantitative estimate of drug-likeness (QED) is 0.722. The summed E-state index contributed by atoms with van der Waals surface area (Å²) < 4.78 is 18.0. The fourth-order valence-electron chi connectivity index (χ4n) is 2.87. The van der Waals surface area contributed by atoms with Crippen LogP contribution in [0.25, 0.3) is 0 Å². The average molecular weight is 370 g/mol. The Morgan fingerprint density at radius 2 is 1.78 bits per heavy atom. The molecule has 0 aliphatic heterocycles. The maximum Gasteiger partial charge on any atom is 0.338 e. The van der Waals surface area contributed by atoms with Crippen LogP contribution in [-0.4, -0.2) is 36.0 Å². The number of halogens is 1. The van der Waals surface area contributed by atoms with Crippen molar-refractivity contribution in [3.63, 3.8) is 0 Å². The van der Waals surface area contributed by atoms with Crippen LogP contribution in [0.3, 0.4) is 0 Å². The topological polar surface area (TPSA) is 58.6 Å². The van der Waals surface area contributed by atoms with Crippen LogP contribution in [0.15, 0.2) is 48.5 Å². The average Bonchev–Trinajstić information content (AvgIpc) is 3.49. The van der Waals surface area contributed by atoms with Gasteiger partial charge in [0.25, 0.3) is 0 Å². The van der Waals surface area contributed by atoms with Crippen LogP contribution in [0.4, 0.5) is 10.1 Å². The first-order valence-electron chi connectivity index (χ1n) is 9.10. The molecule has 27 heavy (non-hydrogen) atoms. The molecule has 3 rings (SSSR count). The monoisotopic (exact) mass is 370 g/mol. The van der Waals surface area contributed by atoms with E-state index in [-0.39, 0.29) is 24.2 Å². The SMILES string of the molecule is CCOC(=O)c1ccc(NC(=O)CN(Cc2ccc(F)cc2)C2CC2)cc1. The van der Waals surface area contributed by atoms with Gasteiger partial charge in [0, 0.05) is 18.3 Å². The first-order valence-corrected chi connectivity index (χ1v) is 9.10. The summed E-state index contributed by atoms with van der Waals surface area (Å²) in [4.78, 5) is 26.2. The summed E-state index contributed by atoms with van der Waals surface area (Å²) in [5.41, 5.74) is 2.06. The summed E-state index contributed by atoms with van der Waals surface area (Å²) in [6.07, 6.45) is 2.14. The molecule has 6 heteroatoms. The number of anilines is 1. The molecule has 0 unspecified atom stereocenters. The van der Waals surface area contributed by atoms with Crippen LogP contribution in [0, 0.1) is 5.82 Å². The molecular weight excluding hydrogens is 347 g/mol. The Morgan fingerprint density at radius 1 is 1.11 bits per heavy atom. The number of nitrogens with one attached hydrogen (secondary N) is 1. The van der Waals surface area contributed by atoms with E-state index in [4.69, 9.17) is 4.74 Å². The lowest BCUT2D eigenvalue weighted by Gasteiger charge is -2.21. The Morgan fingerprint density at radius 3 is 2.37 bits per heavy atom. The smallest absolute Gasteiger partial charge is 0.338 e. The van der Waals surface area contributed by atoms with Crippen molar-refractivity contribution in [2.45, 2.75) is 32.4 Å². The molecule has 1 aliphatic carbocycles. The maximum absolute atomic E-state index is 13.1. The molecule has 0 bridgehead atoms. The van der Waals surface area contributed by atoms with Gasteiger partial charge in [-0.3, -0.25) is 9.69 Å². The number of carbonyl (C=O) groups excluding carboxylic acids is 2. The molecule has 1 amide bonds. The van der Waals surface area contributed by atoms with Gasteiger partial charge in [-0.05, 0) is 61.7 Å². The Labute approximate surface area is 158 Å². The second kappa shape index (κ2) is 8.77. The number of ether oxygens (including phenoxy) is 1. The molecule has 0 aromatic heterocycles. The minimum absolute atomic E-state index is 0.118. The van der Waals surface area contributed by atoms with Crippen molar-refractivity contribution in [1.82, 2.24) is 4.90 Å². The number of amides is 1. The second-order valence-corrected chi connectivity index (χ2v) is 6.61. The molecule has 0 heterocycles. The molecule has 0 atom stereocenters. The van der Waals surface area contributed by atoms with Gasteiger partial charge >= 0.3 is 5.97 Å². The molecule has 2 aromatic rings. The highest BCUT2D eigenvalue weighted by molar-refractivity contribution is 5.94. The normalized spacial score (nSPS) is 13.4. The zero-order valence-corrected chi connectivity index (χ0v) is 15.3. The van der Waals surface area contributed by atoms with Gasteiger partial charge in [0.05, 0.1) is 18.7 Å². The van der Waals surface area contributed by atoms with E-state index < -0.39 is 0 Å². The molecule has 0 saturated heterocycles. The van der Waals surface area contributed by atoms with E-state index in [1.165, 1.54) is 12.1 Å². The summed E-state index contributed by atoms with van der Waals surface area (Å²) in [5, 5.41) is 2.86. The lowest BCUT2D eigenvalue weighted by molar-refractivity contribution is -0.117. The Bertz CT molecular complexity index is 786. The standard InChI is InChI=1S/C21H23FN2O3/c1-2-27-21(26)16-5-9-18(10-6-16)23-20(25)14-24(19-11-12-19)13-15-3-7-17(22)8-4-15/h3-10,19H,2,11-14H2,1H3,(H,23,25). The molecule has 142 valence electrons.